The molecule has 3 aromatic rings. The summed E-state index contributed by atoms with van der Waals surface area (Å²) in [5.41, 5.74) is 7.48. The van der Waals surface area contributed by atoms with E-state index in [1.807, 2.05) is 19.1 Å². The Morgan fingerprint density at radius 1 is 1.23 bits per heavy atom. The lowest BCUT2D eigenvalue weighted by Crippen LogP contribution is -2.22. The summed E-state index contributed by atoms with van der Waals surface area (Å²) in [6, 6.07) is 8.20. The van der Waals surface area contributed by atoms with E-state index in [-0.39, 0.29) is 11.1 Å². The van der Waals surface area contributed by atoms with E-state index in [1.165, 1.54) is 11.1 Å². The number of nitriles is 1. The van der Waals surface area contributed by atoms with Crippen LogP contribution in [-0.4, -0.2) is 9.55 Å². The molecule has 3 heterocycles. The maximum Gasteiger partial charge on any atom is 0.269 e. The van der Waals surface area contributed by atoms with Crippen molar-refractivity contribution in [3.63, 3.8) is 0 Å². The SMILES string of the molecule is Cc1cc2n(c(=O)c1C#N)Cc1[nH]c3c(C)c(C)ccc3c1-2. The molecule has 0 radical (unpaired) electrons. The number of nitrogens with one attached hydrogen (secondary N) is 1. The highest BCUT2D eigenvalue weighted by Crippen LogP contribution is 2.39. The average molecular weight is 289 g/mol. The fourth-order valence-electron chi connectivity index (χ4n) is 3.40. The van der Waals surface area contributed by atoms with Crippen LogP contribution in [0, 0.1) is 32.1 Å². The lowest BCUT2D eigenvalue weighted by atomic mass is 10.0. The number of nitrogens with zero attached hydrogens (tertiary/aromatic N) is 2. The van der Waals surface area contributed by atoms with Crippen LogP contribution in [0.5, 0.6) is 0 Å². The molecule has 4 nitrogen and oxygen atoms in total. The van der Waals surface area contributed by atoms with Crippen LogP contribution in [0.2, 0.25) is 0 Å². The van der Waals surface area contributed by atoms with Gasteiger partial charge in [0.15, 0.2) is 0 Å². The number of aromatic amines is 1. The molecule has 0 unspecified atom stereocenters. The van der Waals surface area contributed by atoms with Crippen LogP contribution < -0.4 is 5.56 Å². The Morgan fingerprint density at radius 2 is 2.00 bits per heavy atom. The third kappa shape index (κ3) is 1.43. The van der Waals surface area contributed by atoms with Crippen LogP contribution in [0.3, 0.4) is 0 Å². The lowest BCUT2D eigenvalue weighted by molar-refractivity contribution is 0.783. The second-order valence-electron chi connectivity index (χ2n) is 6.00. The van der Waals surface area contributed by atoms with Crippen molar-refractivity contribution in [3.8, 4) is 17.3 Å². The van der Waals surface area contributed by atoms with Crippen molar-refractivity contribution in [2.45, 2.75) is 27.3 Å². The quantitative estimate of drug-likeness (QED) is 0.540. The molecule has 1 aliphatic rings. The van der Waals surface area contributed by atoms with Crippen molar-refractivity contribution in [3.05, 3.63) is 56.5 Å². The van der Waals surface area contributed by atoms with Crippen LogP contribution in [0.4, 0.5) is 0 Å². The van der Waals surface area contributed by atoms with Gasteiger partial charge in [0.25, 0.3) is 5.56 Å². The van der Waals surface area contributed by atoms with E-state index in [0.717, 1.165) is 33.4 Å². The van der Waals surface area contributed by atoms with Crippen LogP contribution in [0.15, 0.2) is 23.0 Å². The first-order chi connectivity index (χ1) is 10.5. The van der Waals surface area contributed by atoms with Crippen LogP contribution >= 0.6 is 0 Å². The second-order valence-corrected chi connectivity index (χ2v) is 6.00. The van der Waals surface area contributed by atoms with Gasteiger partial charge >= 0.3 is 0 Å². The summed E-state index contributed by atoms with van der Waals surface area (Å²) in [6.45, 7) is 6.54. The van der Waals surface area contributed by atoms with Gasteiger partial charge in [0.2, 0.25) is 0 Å². The molecule has 0 saturated heterocycles. The molecular formula is C18H15N3O. The summed E-state index contributed by atoms with van der Waals surface area (Å²) in [4.78, 5) is 15.9. The van der Waals surface area contributed by atoms with E-state index in [4.69, 9.17) is 5.26 Å². The van der Waals surface area contributed by atoms with Crippen molar-refractivity contribution >= 4 is 10.9 Å². The van der Waals surface area contributed by atoms with Crippen molar-refractivity contribution in [1.29, 1.82) is 5.26 Å². The first-order valence-corrected chi connectivity index (χ1v) is 7.28. The predicted molar refractivity (Wildman–Crippen MR) is 86.0 cm³/mol. The van der Waals surface area contributed by atoms with E-state index in [0.29, 0.717) is 6.54 Å². The van der Waals surface area contributed by atoms with E-state index < -0.39 is 0 Å². The number of aromatic nitrogens is 2. The van der Waals surface area contributed by atoms with Gasteiger partial charge in [-0.2, -0.15) is 5.26 Å². The topological polar surface area (TPSA) is 61.6 Å². The van der Waals surface area contributed by atoms with Gasteiger partial charge in [-0.3, -0.25) is 4.79 Å². The van der Waals surface area contributed by atoms with Gasteiger partial charge in [0.05, 0.1) is 12.2 Å². The second kappa shape index (κ2) is 4.11. The zero-order chi connectivity index (χ0) is 15.6. The zero-order valence-corrected chi connectivity index (χ0v) is 12.7. The summed E-state index contributed by atoms with van der Waals surface area (Å²) >= 11 is 0. The summed E-state index contributed by atoms with van der Waals surface area (Å²) in [5.74, 6) is 0. The Balaban J connectivity index is 2.12. The minimum absolute atomic E-state index is 0.195. The Bertz CT molecular complexity index is 1060. The Hall–Kier alpha value is -2.80. The molecule has 4 rings (SSSR count). The number of benzene rings is 1. The highest BCUT2D eigenvalue weighted by atomic mass is 16.1. The summed E-state index contributed by atoms with van der Waals surface area (Å²) in [7, 11) is 0. The molecule has 22 heavy (non-hydrogen) atoms. The molecule has 1 aliphatic heterocycles. The fraction of sp³-hybridized carbons (Fsp3) is 0.222. The summed E-state index contributed by atoms with van der Waals surface area (Å²) in [5, 5.41) is 10.3. The van der Waals surface area contributed by atoms with Gasteiger partial charge < -0.3 is 9.55 Å². The minimum Gasteiger partial charge on any atom is -0.356 e. The largest absolute Gasteiger partial charge is 0.356 e. The van der Waals surface area contributed by atoms with Gasteiger partial charge in [-0.15, -0.1) is 0 Å². The molecule has 2 aromatic heterocycles. The molecule has 0 spiro atoms. The number of rotatable bonds is 0. The number of hydrogen-bond acceptors (Lipinski definition) is 2. The molecule has 4 heteroatoms. The van der Waals surface area contributed by atoms with Gasteiger partial charge in [-0.05, 0) is 43.5 Å². The first kappa shape index (κ1) is 12.9. The van der Waals surface area contributed by atoms with Crippen LogP contribution in [-0.2, 0) is 6.54 Å². The van der Waals surface area contributed by atoms with Crippen molar-refractivity contribution in [2.24, 2.45) is 0 Å². The zero-order valence-electron chi connectivity index (χ0n) is 12.7. The number of pyridine rings is 1. The molecule has 0 atom stereocenters. The molecule has 0 bridgehead atoms. The lowest BCUT2D eigenvalue weighted by Gasteiger charge is -2.08. The molecular weight excluding hydrogens is 274 g/mol. The van der Waals surface area contributed by atoms with Crippen LogP contribution in [0.25, 0.3) is 22.2 Å². The maximum absolute atomic E-state index is 12.5. The van der Waals surface area contributed by atoms with E-state index in [2.05, 4.69) is 31.0 Å². The Labute approximate surface area is 127 Å². The summed E-state index contributed by atoms with van der Waals surface area (Å²) < 4.78 is 1.70. The van der Waals surface area contributed by atoms with Gasteiger partial charge in [0.1, 0.15) is 11.6 Å². The van der Waals surface area contributed by atoms with Gasteiger partial charge in [0, 0.05) is 22.2 Å². The first-order valence-electron chi connectivity index (χ1n) is 7.28. The molecule has 0 saturated carbocycles. The monoisotopic (exact) mass is 289 g/mol. The average Bonchev–Trinajstić information content (AvgIpc) is 3.01. The van der Waals surface area contributed by atoms with Crippen molar-refractivity contribution < 1.29 is 0 Å². The fourth-order valence-corrected chi connectivity index (χ4v) is 3.40. The van der Waals surface area contributed by atoms with E-state index in [1.54, 1.807) is 4.57 Å². The number of hydrogen-bond donors (Lipinski definition) is 1. The maximum atomic E-state index is 12.5. The van der Waals surface area contributed by atoms with Crippen LogP contribution in [0.1, 0.15) is 27.9 Å². The van der Waals surface area contributed by atoms with Crippen molar-refractivity contribution in [2.75, 3.05) is 0 Å². The molecule has 1 N–H and O–H groups in total. The van der Waals surface area contributed by atoms with E-state index in [9.17, 15) is 4.79 Å². The molecule has 0 amide bonds. The Morgan fingerprint density at radius 3 is 2.73 bits per heavy atom. The van der Waals surface area contributed by atoms with Crippen molar-refractivity contribution in [1.82, 2.24) is 9.55 Å². The molecule has 0 aliphatic carbocycles. The third-order valence-electron chi connectivity index (χ3n) is 4.76. The van der Waals surface area contributed by atoms with E-state index >= 15 is 0 Å². The number of aryl methyl sites for hydroxylation is 3. The minimum atomic E-state index is -0.195. The molecule has 1 aromatic carbocycles. The number of H-pyrrole nitrogens is 1. The highest BCUT2D eigenvalue weighted by Gasteiger charge is 2.26. The summed E-state index contributed by atoms with van der Waals surface area (Å²) in [6.07, 6.45) is 0. The third-order valence-corrected chi connectivity index (χ3v) is 4.76. The molecule has 108 valence electrons. The van der Waals surface area contributed by atoms with Gasteiger partial charge in [-0.1, -0.05) is 12.1 Å². The highest BCUT2D eigenvalue weighted by molar-refractivity contribution is 5.99. The predicted octanol–water partition coefficient (Wildman–Crippen LogP) is 3.16. The standard InChI is InChI=1S/C18H15N3O/c1-9-4-5-12-16-14(20-17(12)11(9)3)8-21-15(16)6-10(2)13(7-19)18(21)22/h4-6,20H,8H2,1-3H3. The smallest absolute Gasteiger partial charge is 0.269 e. The number of fused-ring (bicyclic) bond motifs is 5. The molecule has 0 fully saturated rings. The Kier molecular flexibility index (Phi) is 2.41. The normalized spacial score (nSPS) is 12.3. The van der Waals surface area contributed by atoms with Gasteiger partial charge in [-0.25, -0.2) is 0 Å².